The van der Waals surface area contributed by atoms with Gasteiger partial charge in [-0.25, -0.2) is 0 Å². The Morgan fingerprint density at radius 1 is 0.708 bits per heavy atom. The summed E-state index contributed by atoms with van der Waals surface area (Å²) in [7, 11) is 5.60. The normalized spacial score (nSPS) is 12.0. The zero-order valence-electron chi connectivity index (χ0n) is 13.2. The van der Waals surface area contributed by atoms with Gasteiger partial charge in [-0.15, -0.1) is 8.46 Å². The molecular formula is C18H14B2Cl2P2. The van der Waals surface area contributed by atoms with E-state index >= 15 is 0 Å². The van der Waals surface area contributed by atoms with Gasteiger partial charge >= 0.3 is 0 Å². The van der Waals surface area contributed by atoms with E-state index in [0.29, 0.717) is 8.46 Å². The third-order valence-corrected chi connectivity index (χ3v) is 7.04. The quantitative estimate of drug-likeness (QED) is 0.276. The van der Waals surface area contributed by atoms with Crippen molar-refractivity contribution in [3.63, 3.8) is 0 Å². The molecule has 116 valence electrons. The number of hydrogen-bond donors (Lipinski definition) is 0. The fourth-order valence-corrected chi connectivity index (χ4v) is 5.25. The summed E-state index contributed by atoms with van der Waals surface area (Å²) in [6.07, 6.45) is 0. The van der Waals surface area contributed by atoms with Crippen LogP contribution in [0, 0.1) is 0 Å². The average molecular weight is 385 g/mol. The maximum Gasteiger partial charge on any atom is 0.182 e. The lowest BCUT2D eigenvalue weighted by atomic mass is 9.89. The van der Waals surface area contributed by atoms with Crippen LogP contribution >= 0.6 is 40.8 Å². The molecule has 24 heavy (non-hydrogen) atoms. The first-order valence-corrected chi connectivity index (χ1v) is 10.9. The maximum absolute atomic E-state index is 6.61. The zero-order valence-corrected chi connectivity index (χ0v) is 16.8. The van der Waals surface area contributed by atoms with Crippen LogP contribution in [0.5, 0.6) is 0 Å². The Kier molecular flexibility index (Phi) is 4.53. The van der Waals surface area contributed by atoms with Crippen LogP contribution in [0.1, 0.15) is 0 Å². The van der Waals surface area contributed by atoms with E-state index in [1.54, 1.807) is 0 Å². The van der Waals surface area contributed by atoms with Crippen LogP contribution in [0.3, 0.4) is 0 Å². The van der Waals surface area contributed by atoms with Gasteiger partial charge in [-0.1, -0.05) is 77.2 Å². The molecule has 0 radical (unpaired) electrons. The standard InChI is InChI=1S/C18H14B2Cl2P2/c19-24-16-8-6-12-10-1-3-13-11(5-7-15(20-23)17(13)21)9(10)2-4-14(12)18(16)22/h1-8,20,24H,19,23H2. The summed E-state index contributed by atoms with van der Waals surface area (Å²) in [5, 5.41) is 10.0. The second-order valence-corrected chi connectivity index (χ2v) is 8.04. The minimum absolute atomic E-state index is 0.699. The van der Waals surface area contributed by atoms with Crippen molar-refractivity contribution in [1.29, 1.82) is 0 Å². The van der Waals surface area contributed by atoms with Gasteiger partial charge in [0, 0.05) is 15.8 Å². The molecule has 0 aliphatic carbocycles. The zero-order chi connectivity index (χ0) is 16.8. The fourth-order valence-electron chi connectivity index (χ4n) is 3.36. The Bertz CT molecular complexity index is 1020. The van der Waals surface area contributed by atoms with E-state index in [4.69, 9.17) is 23.2 Å². The molecule has 0 N–H and O–H groups in total. The Labute approximate surface area is 156 Å². The lowest BCUT2D eigenvalue weighted by Crippen LogP contribution is -2.09. The molecule has 0 saturated carbocycles. The van der Waals surface area contributed by atoms with Gasteiger partial charge in [-0.3, -0.25) is 0 Å². The summed E-state index contributed by atoms with van der Waals surface area (Å²) in [5.41, 5.74) is 1.16. The van der Waals surface area contributed by atoms with E-state index in [-0.39, 0.29) is 0 Å². The molecule has 2 unspecified atom stereocenters. The van der Waals surface area contributed by atoms with Gasteiger partial charge in [0.1, 0.15) is 7.57 Å². The largest absolute Gasteiger partial charge is 0.182 e. The van der Waals surface area contributed by atoms with Gasteiger partial charge in [-0.05, 0) is 26.8 Å². The van der Waals surface area contributed by atoms with Gasteiger partial charge in [0.2, 0.25) is 0 Å². The highest BCUT2D eigenvalue weighted by Gasteiger charge is 2.11. The molecule has 4 rings (SSSR count). The van der Waals surface area contributed by atoms with Crippen LogP contribution in [-0.2, 0) is 0 Å². The van der Waals surface area contributed by atoms with E-state index in [2.05, 4.69) is 65.2 Å². The Hall–Kier alpha value is -0.770. The molecule has 0 aliphatic rings. The van der Waals surface area contributed by atoms with Gasteiger partial charge in [-0.2, -0.15) is 9.12 Å². The van der Waals surface area contributed by atoms with Gasteiger partial charge < -0.3 is 0 Å². The summed E-state index contributed by atoms with van der Waals surface area (Å²) < 4.78 is 0. The molecule has 0 fully saturated rings. The predicted octanol–water partition coefficient (Wildman–Crippen LogP) is 4.16. The third-order valence-electron chi connectivity index (χ3n) is 4.63. The molecule has 0 nitrogen and oxygen atoms in total. The maximum atomic E-state index is 6.61. The highest BCUT2D eigenvalue weighted by Crippen LogP contribution is 2.35. The molecular weight excluding hydrogens is 371 g/mol. The number of halogens is 2. The SMILES string of the molecule is BPc1ccc2c(ccc3c4ccc(BP)c(Cl)c4ccc23)c1Cl. The third kappa shape index (κ3) is 2.48. The minimum atomic E-state index is 0.699. The van der Waals surface area contributed by atoms with E-state index in [9.17, 15) is 0 Å². The van der Waals surface area contributed by atoms with Crippen molar-refractivity contribution in [2.24, 2.45) is 0 Å². The van der Waals surface area contributed by atoms with Crippen molar-refractivity contribution < 1.29 is 0 Å². The predicted molar refractivity (Wildman–Crippen MR) is 122 cm³/mol. The van der Waals surface area contributed by atoms with Crippen molar-refractivity contribution in [3.8, 4) is 0 Å². The molecule has 6 heteroatoms. The van der Waals surface area contributed by atoms with Crippen molar-refractivity contribution in [2.45, 2.75) is 0 Å². The highest BCUT2D eigenvalue weighted by molar-refractivity contribution is 7.73. The number of benzene rings is 4. The molecule has 0 heterocycles. The first-order chi connectivity index (χ1) is 11.7. The van der Waals surface area contributed by atoms with Crippen LogP contribution in [0.4, 0.5) is 0 Å². The van der Waals surface area contributed by atoms with Gasteiger partial charge in [0.05, 0.1) is 5.02 Å². The monoisotopic (exact) mass is 384 g/mol. The van der Waals surface area contributed by atoms with E-state index in [1.807, 2.05) is 0 Å². The van der Waals surface area contributed by atoms with E-state index < -0.39 is 0 Å². The summed E-state index contributed by atoms with van der Waals surface area (Å²) in [6, 6.07) is 17.3. The highest BCUT2D eigenvalue weighted by atomic mass is 35.5. The molecule has 0 aromatic heterocycles. The molecule has 0 aliphatic heterocycles. The smallest absolute Gasteiger partial charge is 0.169 e. The Morgan fingerprint density at radius 2 is 1.17 bits per heavy atom. The van der Waals surface area contributed by atoms with Gasteiger partial charge in [0.25, 0.3) is 0 Å². The summed E-state index contributed by atoms with van der Waals surface area (Å²) in [4.78, 5) is 0. The minimum Gasteiger partial charge on any atom is -0.169 e. The van der Waals surface area contributed by atoms with Crippen LogP contribution in [0.15, 0.2) is 48.5 Å². The number of fused-ring (bicyclic) bond motifs is 5. The van der Waals surface area contributed by atoms with Crippen molar-refractivity contribution in [3.05, 3.63) is 58.6 Å². The lowest BCUT2D eigenvalue weighted by molar-refractivity contribution is 1.81. The van der Waals surface area contributed by atoms with E-state index in [1.165, 1.54) is 26.8 Å². The Morgan fingerprint density at radius 3 is 1.75 bits per heavy atom. The fraction of sp³-hybridized carbons (Fsp3) is 0. The molecule has 4 aromatic rings. The van der Waals surface area contributed by atoms with Crippen LogP contribution in [0.25, 0.3) is 32.3 Å². The molecule has 0 saturated heterocycles. The van der Waals surface area contributed by atoms with Crippen LogP contribution in [-0.4, -0.2) is 14.6 Å². The summed E-state index contributed by atoms with van der Waals surface area (Å²) in [6.45, 7) is 0.862. The number of rotatable bonds is 2. The van der Waals surface area contributed by atoms with E-state index in [0.717, 1.165) is 33.3 Å². The topological polar surface area (TPSA) is 0 Å². The lowest BCUT2D eigenvalue weighted by Gasteiger charge is -2.12. The van der Waals surface area contributed by atoms with Crippen LogP contribution in [0.2, 0.25) is 10.0 Å². The molecule has 0 spiro atoms. The van der Waals surface area contributed by atoms with Crippen LogP contribution < -0.4 is 10.8 Å². The Balaban J connectivity index is 2.13. The molecule has 2 atom stereocenters. The first-order valence-electron chi connectivity index (χ1n) is 7.78. The summed E-state index contributed by atoms with van der Waals surface area (Å²) in [5.74, 6) is 0. The van der Waals surface area contributed by atoms with Crippen molar-refractivity contribution >= 4 is 98.4 Å². The molecule has 0 amide bonds. The molecule has 4 aromatic carbocycles. The summed E-state index contributed by atoms with van der Waals surface area (Å²) >= 11 is 13.2. The first kappa shape index (κ1) is 16.7. The van der Waals surface area contributed by atoms with Crippen molar-refractivity contribution in [1.82, 2.24) is 0 Å². The van der Waals surface area contributed by atoms with Crippen molar-refractivity contribution in [2.75, 3.05) is 0 Å². The second kappa shape index (κ2) is 6.51. The average Bonchev–Trinajstić information content (AvgIpc) is 2.62. The second-order valence-electron chi connectivity index (χ2n) is 5.84. The number of hydrogen-bond acceptors (Lipinski definition) is 0. The molecule has 0 bridgehead atoms. The van der Waals surface area contributed by atoms with Gasteiger partial charge in [0.15, 0.2) is 7.00 Å².